The molecule has 2 aromatic rings. The highest BCUT2D eigenvalue weighted by Gasteiger charge is 2.29. The first-order chi connectivity index (χ1) is 9.27. The number of anilines is 1. The molecule has 0 spiro atoms. The minimum Gasteiger partial charge on any atom is -0.476 e. The standard InChI is InChI=1S/C12H10F3N3O2/c13-12(14,15)8-3-1-7(2-4-8)5-18-6-9(16)10(17-18)11(19)20/h1-4,6H,5,16H2,(H,19,20). The lowest BCUT2D eigenvalue weighted by molar-refractivity contribution is -0.137. The Balaban J connectivity index is 2.18. The summed E-state index contributed by atoms with van der Waals surface area (Å²) in [5.74, 6) is -1.26. The van der Waals surface area contributed by atoms with Crippen molar-refractivity contribution >= 4 is 11.7 Å². The number of aromatic nitrogens is 2. The van der Waals surface area contributed by atoms with E-state index in [9.17, 15) is 18.0 Å². The van der Waals surface area contributed by atoms with Gasteiger partial charge in [-0.25, -0.2) is 4.79 Å². The first kappa shape index (κ1) is 13.9. The van der Waals surface area contributed by atoms with E-state index in [-0.39, 0.29) is 17.9 Å². The van der Waals surface area contributed by atoms with E-state index in [1.807, 2.05) is 0 Å². The van der Waals surface area contributed by atoms with Crippen molar-refractivity contribution in [1.29, 1.82) is 0 Å². The molecule has 0 amide bonds. The highest BCUT2D eigenvalue weighted by Crippen LogP contribution is 2.29. The van der Waals surface area contributed by atoms with E-state index in [4.69, 9.17) is 10.8 Å². The van der Waals surface area contributed by atoms with Crippen LogP contribution in [-0.4, -0.2) is 20.9 Å². The third-order valence-electron chi connectivity index (χ3n) is 2.62. The average Bonchev–Trinajstić information content (AvgIpc) is 2.70. The second-order valence-electron chi connectivity index (χ2n) is 4.13. The van der Waals surface area contributed by atoms with Crippen molar-refractivity contribution in [1.82, 2.24) is 9.78 Å². The van der Waals surface area contributed by atoms with Crippen LogP contribution < -0.4 is 5.73 Å². The van der Waals surface area contributed by atoms with Crippen LogP contribution in [0.3, 0.4) is 0 Å². The Bertz CT molecular complexity index is 632. The number of nitrogens with two attached hydrogens (primary N) is 1. The third kappa shape index (κ3) is 2.90. The number of nitrogens with zero attached hydrogens (tertiary/aromatic N) is 2. The topological polar surface area (TPSA) is 81.1 Å². The van der Waals surface area contributed by atoms with Gasteiger partial charge in [0, 0.05) is 6.20 Å². The van der Waals surface area contributed by atoms with Crippen molar-refractivity contribution in [2.24, 2.45) is 0 Å². The van der Waals surface area contributed by atoms with Gasteiger partial charge in [-0.2, -0.15) is 18.3 Å². The van der Waals surface area contributed by atoms with Crippen LogP contribution in [-0.2, 0) is 12.7 Å². The van der Waals surface area contributed by atoms with Crippen LogP contribution in [0.5, 0.6) is 0 Å². The molecule has 106 valence electrons. The number of carbonyl (C=O) groups is 1. The van der Waals surface area contributed by atoms with Crippen LogP contribution in [0.4, 0.5) is 18.9 Å². The number of aromatic carboxylic acids is 1. The van der Waals surface area contributed by atoms with Gasteiger partial charge in [-0.15, -0.1) is 0 Å². The highest BCUT2D eigenvalue weighted by molar-refractivity contribution is 5.91. The molecule has 0 saturated heterocycles. The summed E-state index contributed by atoms with van der Waals surface area (Å²) in [6.07, 6.45) is -3.06. The van der Waals surface area contributed by atoms with Crippen molar-refractivity contribution in [3.63, 3.8) is 0 Å². The SMILES string of the molecule is Nc1cn(Cc2ccc(C(F)(F)F)cc2)nc1C(=O)O. The molecule has 20 heavy (non-hydrogen) atoms. The first-order valence-corrected chi connectivity index (χ1v) is 5.49. The molecule has 0 bridgehead atoms. The summed E-state index contributed by atoms with van der Waals surface area (Å²) in [7, 11) is 0. The van der Waals surface area contributed by atoms with Crippen molar-refractivity contribution in [3.05, 3.63) is 47.3 Å². The number of nitrogen functional groups attached to an aromatic ring is 1. The van der Waals surface area contributed by atoms with Gasteiger partial charge in [-0.1, -0.05) is 12.1 Å². The Hall–Kier alpha value is -2.51. The number of carboxylic acid groups (broad SMARTS) is 1. The number of alkyl halides is 3. The smallest absolute Gasteiger partial charge is 0.416 e. The zero-order valence-electron chi connectivity index (χ0n) is 10.1. The maximum atomic E-state index is 12.4. The lowest BCUT2D eigenvalue weighted by Gasteiger charge is -2.07. The van der Waals surface area contributed by atoms with Crippen LogP contribution in [0.2, 0.25) is 0 Å². The molecular weight excluding hydrogens is 275 g/mol. The monoisotopic (exact) mass is 285 g/mol. The Kier molecular flexibility index (Phi) is 3.39. The minimum atomic E-state index is -4.38. The molecule has 0 radical (unpaired) electrons. The molecule has 0 saturated carbocycles. The van der Waals surface area contributed by atoms with Gasteiger partial charge < -0.3 is 10.8 Å². The second-order valence-corrected chi connectivity index (χ2v) is 4.13. The lowest BCUT2D eigenvalue weighted by atomic mass is 10.1. The number of benzene rings is 1. The molecule has 2 rings (SSSR count). The maximum absolute atomic E-state index is 12.4. The molecule has 8 heteroatoms. The van der Waals surface area contributed by atoms with Gasteiger partial charge in [0.05, 0.1) is 17.8 Å². The summed E-state index contributed by atoms with van der Waals surface area (Å²) < 4.78 is 38.4. The van der Waals surface area contributed by atoms with Crippen molar-refractivity contribution < 1.29 is 23.1 Å². The molecule has 0 atom stereocenters. The van der Waals surface area contributed by atoms with Gasteiger partial charge in [-0.3, -0.25) is 4.68 Å². The number of hydrogen-bond acceptors (Lipinski definition) is 3. The summed E-state index contributed by atoms with van der Waals surface area (Å²) in [5, 5.41) is 12.5. The number of carboxylic acids is 1. The first-order valence-electron chi connectivity index (χ1n) is 5.49. The van der Waals surface area contributed by atoms with Gasteiger partial charge in [0.1, 0.15) is 0 Å². The van der Waals surface area contributed by atoms with Crippen molar-refractivity contribution in [2.75, 3.05) is 5.73 Å². The zero-order chi connectivity index (χ0) is 14.9. The lowest BCUT2D eigenvalue weighted by Crippen LogP contribution is -2.06. The predicted molar refractivity (Wildman–Crippen MR) is 64.1 cm³/mol. The minimum absolute atomic E-state index is 0.00408. The van der Waals surface area contributed by atoms with Crippen LogP contribution in [0.25, 0.3) is 0 Å². The molecule has 1 aromatic heterocycles. The summed E-state index contributed by atoms with van der Waals surface area (Å²) in [6, 6.07) is 4.53. The Labute approximate surface area is 111 Å². The van der Waals surface area contributed by atoms with Crippen LogP contribution in [0.1, 0.15) is 21.6 Å². The second kappa shape index (κ2) is 4.87. The van der Waals surface area contributed by atoms with E-state index in [0.717, 1.165) is 12.1 Å². The fourth-order valence-corrected chi connectivity index (χ4v) is 1.67. The number of hydrogen-bond donors (Lipinski definition) is 2. The summed E-state index contributed by atoms with van der Waals surface area (Å²) >= 11 is 0. The van der Waals surface area contributed by atoms with E-state index >= 15 is 0 Å². The molecule has 0 aliphatic heterocycles. The van der Waals surface area contributed by atoms with Gasteiger partial charge in [0.25, 0.3) is 0 Å². The summed E-state index contributed by atoms with van der Waals surface area (Å²) in [4.78, 5) is 10.8. The summed E-state index contributed by atoms with van der Waals surface area (Å²) in [5.41, 5.74) is 5.00. The molecule has 3 N–H and O–H groups in total. The molecule has 1 aromatic carbocycles. The quantitative estimate of drug-likeness (QED) is 0.906. The molecule has 0 unspecified atom stereocenters. The molecule has 0 aliphatic rings. The normalized spacial score (nSPS) is 11.6. The van der Waals surface area contributed by atoms with Gasteiger partial charge in [0.15, 0.2) is 5.69 Å². The van der Waals surface area contributed by atoms with E-state index in [0.29, 0.717) is 5.56 Å². The van der Waals surface area contributed by atoms with Crippen LogP contribution >= 0.6 is 0 Å². The zero-order valence-corrected chi connectivity index (χ0v) is 10.1. The van der Waals surface area contributed by atoms with Gasteiger partial charge in [-0.05, 0) is 17.7 Å². The maximum Gasteiger partial charge on any atom is 0.416 e. The van der Waals surface area contributed by atoms with Gasteiger partial charge >= 0.3 is 12.1 Å². The van der Waals surface area contributed by atoms with E-state index in [1.165, 1.54) is 23.0 Å². The number of rotatable bonds is 3. The summed E-state index contributed by atoms with van der Waals surface area (Å²) in [6.45, 7) is 0.135. The van der Waals surface area contributed by atoms with Crippen molar-refractivity contribution in [3.8, 4) is 0 Å². The van der Waals surface area contributed by atoms with E-state index in [2.05, 4.69) is 5.10 Å². The van der Waals surface area contributed by atoms with Gasteiger partial charge in [0.2, 0.25) is 0 Å². The fraction of sp³-hybridized carbons (Fsp3) is 0.167. The Morgan fingerprint density at radius 1 is 1.30 bits per heavy atom. The Morgan fingerprint density at radius 3 is 2.35 bits per heavy atom. The van der Waals surface area contributed by atoms with Crippen molar-refractivity contribution in [2.45, 2.75) is 12.7 Å². The van der Waals surface area contributed by atoms with E-state index < -0.39 is 17.7 Å². The third-order valence-corrected chi connectivity index (χ3v) is 2.62. The number of halogens is 3. The molecule has 0 aliphatic carbocycles. The molecule has 0 fully saturated rings. The predicted octanol–water partition coefficient (Wildman–Crippen LogP) is 2.23. The molecule has 5 nitrogen and oxygen atoms in total. The Morgan fingerprint density at radius 2 is 1.90 bits per heavy atom. The highest BCUT2D eigenvalue weighted by atomic mass is 19.4. The van der Waals surface area contributed by atoms with Crippen LogP contribution in [0, 0.1) is 0 Å². The average molecular weight is 285 g/mol. The van der Waals surface area contributed by atoms with E-state index in [1.54, 1.807) is 0 Å². The largest absolute Gasteiger partial charge is 0.476 e. The van der Waals surface area contributed by atoms with Crippen LogP contribution in [0.15, 0.2) is 30.5 Å². The molecule has 1 heterocycles. The fourth-order valence-electron chi connectivity index (χ4n) is 1.67. The molecular formula is C12H10F3N3O2.